The maximum atomic E-state index is 10.7. The molecule has 2 nitrogen and oxygen atoms in total. The van der Waals surface area contributed by atoms with Crippen LogP contribution in [0.4, 0.5) is 0 Å². The highest BCUT2D eigenvalue weighted by atomic mass is 16.5. The van der Waals surface area contributed by atoms with Crippen molar-refractivity contribution in [1.29, 1.82) is 0 Å². The number of allylic oxidation sites excluding steroid dienone is 1. The first kappa shape index (κ1) is 9.30. The van der Waals surface area contributed by atoms with Gasteiger partial charge in [0.1, 0.15) is 5.76 Å². The van der Waals surface area contributed by atoms with Crippen molar-refractivity contribution in [3.8, 4) is 0 Å². The third-order valence-electron chi connectivity index (χ3n) is 2.02. The molecule has 0 unspecified atom stereocenters. The number of hydrogen-bond donors (Lipinski definition) is 0. The fraction of sp³-hybridized carbons (Fsp3) is 0.700. The van der Waals surface area contributed by atoms with E-state index in [0.717, 1.165) is 18.6 Å². The molecule has 1 aliphatic rings. The zero-order valence-electron chi connectivity index (χ0n) is 7.64. The minimum Gasteiger partial charge on any atom is -0.431 e. The van der Waals surface area contributed by atoms with Gasteiger partial charge in [-0.05, 0) is 12.5 Å². The second-order valence-electron chi connectivity index (χ2n) is 3.16. The minimum absolute atomic E-state index is 0.0968. The molecule has 0 aromatic heterocycles. The lowest BCUT2D eigenvalue weighted by Gasteiger charge is -2.00. The SMILES string of the molecule is CCCCCCC1=CCC(=O)O1. The van der Waals surface area contributed by atoms with Gasteiger partial charge in [0.05, 0.1) is 6.42 Å². The molecule has 1 rings (SSSR count). The molecule has 68 valence electrons. The van der Waals surface area contributed by atoms with Crippen LogP contribution in [0.15, 0.2) is 11.8 Å². The molecule has 0 saturated carbocycles. The van der Waals surface area contributed by atoms with Crippen LogP contribution in [0.2, 0.25) is 0 Å². The molecule has 1 heterocycles. The first-order valence-electron chi connectivity index (χ1n) is 4.72. The highest BCUT2D eigenvalue weighted by molar-refractivity contribution is 5.74. The van der Waals surface area contributed by atoms with E-state index < -0.39 is 0 Å². The van der Waals surface area contributed by atoms with Crippen LogP contribution < -0.4 is 0 Å². The number of carbonyl (C=O) groups is 1. The zero-order valence-corrected chi connectivity index (χ0v) is 7.64. The molecule has 0 aromatic carbocycles. The largest absolute Gasteiger partial charge is 0.431 e. The fourth-order valence-electron chi connectivity index (χ4n) is 1.31. The van der Waals surface area contributed by atoms with Crippen molar-refractivity contribution in [2.75, 3.05) is 0 Å². The molecular formula is C10H16O2. The average molecular weight is 168 g/mol. The maximum Gasteiger partial charge on any atom is 0.314 e. The van der Waals surface area contributed by atoms with Gasteiger partial charge in [0.2, 0.25) is 0 Å². The number of unbranched alkanes of at least 4 members (excludes halogenated alkanes) is 3. The summed E-state index contributed by atoms with van der Waals surface area (Å²) in [6.45, 7) is 2.19. The van der Waals surface area contributed by atoms with E-state index in [0.29, 0.717) is 6.42 Å². The summed E-state index contributed by atoms with van der Waals surface area (Å²) in [5, 5.41) is 0. The Hall–Kier alpha value is -0.790. The summed E-state index contributed by atoms with van der Waals surface area (Å²) in [6.07, 6.45) is 8.22. The van der Waals surface area contributed by atoms with E-state index >= 15 is 0 Å². The molecule has 0 spiro atoms. The van der Waals surface area contributed by atoms with Crippen molar-refractivity contribution in [2.24, 2.45) is 0 Å². The van der Waals surface area contributed by atoms with Gasteiger partial charge < -0.3 is 4.74 Å². The Bertz CT molecular complexity index is 182. The van der Waals surface area contributed by atoms with Crippen LogP contribution in [0.25, 0.3) is 0 Å². The molecule has 0 aliphatic carbocycles. The fourth-order valence-corrected chi connectivity index (χ4v) is 1.31. The van der Waals surface area contributed by atoms with E-state index in [4.69, 9.17) is 4.74 Å². The van der Waals surface area contributed by atoms with Gasteiger partial charge in [-0.15, -0.1) is 0 Å². The van der Waals surface area contributed by atoms with Crippen LogP contribution in [0.5, 0.6) is 0 Å². The Morgan fingerprint density at radius 2 is 2.25 bits per heavy atom. The summed E-state index contributed by atoms with van der Waals surface area (Å²) in [7, 11) is 0. The molecule has 1 aliphatic heterocycles. The van der Waals surface area contributed by atoms with E-state index in [1.807, 2.05) is 6.08 Å². The Labute approximate surface area is 73.6 Å². The Morgan fingerprint density at radius 3 is 2.83 bits per heavy atom. The predicted molar refractivity (Wildman–Crippen MR) is 47.6 cm³/mol. The summed E-state index contributed by atoms with van der Waals surface area (Å²) >= 11 is 0. The van der Waals surface area contributed by atoms with Crippen molar-refractivity contribution < 1.29 is 9.53 Å². The average Bonchev–Trinajstić information content (AvgIpc) is 2.45. The second kappa shape index (κ2) is 4.96. The normalized spacial score (nSPS) is 16.1. The first-order valence-corrected chi connectivity index (χ1v) is 4.72. The van der Waals surface area contributed by atoms with Crippen LogP contribution in [0.1, 0.15) is 45.4 Å². The molecular weight excluding hydrogens is 152 g/mol. The number of ether oxygens (including phenoxy) is 1. The summed E-state index contributed by atoms with van der Waals surface area (Å²) in [5.41, 5.74) is 0. The molecule has 0 saturated heterocycles. The first-order chi connectivity index (χ1) is 5.83. The topological polar surface area (TPSA) is 26.3 Å². The monoisotopic (exact) mass is 168 g/mol. The molecule has 0 atom stereocenters. The van der Waals surface area contributed by atoms with Crippen molar-refractivity contribution in [3.63, 3.8) is 0 Å². The summed E-state index contributed by atoms with van der Waals surface area (Å²) in [6, 6.07) is 0. The van der Waals surface area contributed by atoms with Gasteiger partial charge in [-0.1, -0.05) is 26.2 Å². The van der Waals surface area contributed by atoms with E-state index in [1.54, 1.807) is 0 Å². The van der Waals surface area contributed by atoms with E-state index in [-0.39, 0.29) is 5.97 Å². The maximum absolute atomic E-state index is 10.7. The van der Waals surface area contributed by atoms with Gasteiger partial charge in [0, 0.05) is 6.42 Å². The second-order valence-corrected chi connectivity index (χ2v) is 3.16. The molecule has 0 amide bonds. The number of esters is 1. The van der Waals surface area contributed by atoms with Gasteiger partial charge in [-0.25, -0.2) is 0 Å². The Morgan fingerprint density at radius 1 is 1.42 bits per heavy atom. The van der Waals surface area contributed by atoms with E-state index in [1.165, 1.54) is 19.3 Å². The Balaban J connectivity index is 2.04. The molecule has 12 heavy (non-hydrogen) atoms. The highest BCUT2D eigenvalue weighted by Gasteiger charge is 2.12. The molecule has 0 radical (unpaired) electrons. The smallest absolute Gasteiger partial charge is 0.314 e. The predicted octanol–water partition coefficient (Wildman–Crippen LogP) is 2.79. The van der Waals surface area contributed by atoms with Crippen molar-refractivity contribution in [1.82, 2.24) is 0 Å². The third-order valence-corrected chi connectivity index (χ3v) is 2.02. The lowest BCUT2D eigenvalue weighted by Crippen LogP contribution is -1.93. The van der Waals surface area contributed by atoms with E-state index in [2.05, 4.69) is 6.92 Å². The number of cyclic esters (lactones) is 1. The zero-order chi connectivity index (χ0) is 8.81. The number of hydrogen-bond acceptors (Lipinski definition) is 2. The van der Waals surface area contributed by atoms with Gasteiger partial charge in [0.25, 0.3) is 0 Å². The molecule has 0 N–H and O–H groups in total. The summed E-state index contributed by atoms with van der Waals surface area (Å²) < 4.78 is 4.96. The van der Waals surface area contributed by atoms with Crippen molar-refractivity contribution >= 4 is 5.97 Å². The molecule has 0 bridgehead atoms. The number of rotatable bonds is 5. The minimum atomic E-state index is -0.0968. The van der Waals surface area contributed by atoms with Crippen LogP contribution >= 0.6 is 0 Å². The highest BCUT2D eigenvalue weighted by Crippen LogP contribution is 2.17. The van der Waals surface area contributed by atoms with Gasteiger partial charge in [0.15, 0.2) is 0 Å². The lowest BCUT2D eigenvalue weighted by atomic mass is 10.1. The van der Waals surface area contributed by atoms with E-state index in [9.17, 15) is 4.79 Å². The molecule has 0 fully saturated rings. The lowest BCUT2D eigenvalue weighted by molar-refractivity contribution is -0.136. The quantitative estimate of drug-likeness (QED) is 0.466. The van der Waals surface area contributed by atoms with Crippen LogP contribution in [0.3, 0.4) is 0 Å². The van der Waals surface area contributed by atoms with Crippen LogP contribution in [-0.2, 0) is 9.53 Å². The van der Waals surface area contributed by atoms with Gasteiger partial charge in [-0.3, -0.25) is 4.79 Å². The number of carbonyl (C=O) groups excluding carboxylic acids is 1. The van der Waals surface area contributed by atoms with Crippen LogP contribution in [-0.4, -0.2) is 5.97 Å². The van der Waals surface area contributed by atoms with Crippen LogP contribution in [0, 0.1) is 0 Å². The van der Waals surface area contributed by atoms with Gasteiger partial charge >= 0.3 is 5.97 Å². The standard InChI is InChI=1S/C10H16O2/c1-2-3-4-5-6-9-7-8-10(11)12-9/h7H,2-6,8H2,1H3. The third kappa shape index (κ3) is 3.07. The van der Waals surface area contributed by atoms with Gasteiger partial charge in [-0.2, -0.15) is 0 Å². The molecule has 0 aromatic rings. The molecule has 2 heteroatoms. The van der Waals surface area contributed by atoms with Crippen molar-refractivity contribution in [3.05, 3.63) is 11.8 Å². The van der Waals surface area contributed by atoms with Crippen molar-refractivity contribution in [2.45, 2.75) is 45.4 Å². The Kier molecular flexibility index (Phi) is 3.85. The summed E-state index contributed by atoms with van der Waals surface area (Å²) in [4.78, 5) is 10.7. The summed E-state index contributed by atoms with van der Waals surface area (Å²) in [5.74, 6) is 0.789.